The van der Waals surface area contributed by atoms with E-state index < -0.39 is 11.9 Å². The number of carbonyl (C=O) groups is 2. The molecule has 30 heavy (non-hydrogen) atoms. The molecule has 0 spiro atoms. The first-order chi connectivity index (χ1) is 14.5. The zero-order chi connectivity index (χ0) is 21.5. The van der Waals surface area contributed by atoms with Crippen molar-refractivity contribution in [2.45, 2.75) is 0 Å². The van der Waals surface area contributed by atoms with E-state index in [1.54, 1.807) is 72.8 Å². The Labute approximate surface area is 174 Å². The summed E-state index contributed by atoms with van der Waals surface area (Å²) in [6.45, 7) is 0. The van der Waals surface area contributed by atoms with Gasteiger partial charge in [0.25, 0.3) is 0 Å². The fraction of sp³-hybridized carbons (Fsp3) is 0.0400. The monoisotopic (exact) mass is 400 g/mol. The number of ether oxygens (including phenoxy) is 1. The number of methoxy groups -OCH3 is 1. The van der Waals surface area contributed by atoms with Crippen molar-refractivity contribution < 1.29 is 24.5 Å². The van der Waals surface area contributed by atoms with Crippen molar-refractivity contribution in [2.24, 2.45) is 0 Å². The zero-order valence-electron chi connectivity index (χ0n) is 16.3. The average molecular weight is 400 g/mol. The summed E-state index contributed by atoms with van der Waals surface area (Å²) in [4.78, 5) is 24.5. The molecule has 3 aromatic rings. The van der Waals surface area contributed by atoms with Gasteiger partial charge in [-0.2, -0.15) is 0 Å². The Balaban J connectivity index is 2.31. The van der Waals surface area contributed by atoms with Gasteiger partial charge in [-0.05, 0) is 34.9 Å². The maximum Gasteiger partial charge on any atom is 0.337 e. The normalized spacial score (nSPS) is 10.9. The van der Waals surface area contributed by atoms with Crippen LogP contribution in [0.5, 0.6) is 5.75 Å². The van der Waals surface area contributed by atoms with Crippen molar-refractivity contribution in [3.8, 4) is 5.75 Å². The molecule has 150 valence electrons. The highest BCUT2D eigenvalue weighted by atomic mass is 16.5. The van der Waals surface area contributed by atoms with E-state index >= 15 is 0 Å². The summed E-state index contributed by atoms with van der Waals surface area (Å²) in [6, 6.07) is 24.5. The summed E-state index contributed by atoms with van der Waals surface area (Å²) in [5.74, 6) is -2.03. The van der Waals surface area contributed by atoms with E-state index in [4.69, 9.17) is 4.74 Å². The van der Waals surface area contributed by atoms with Gasteiger partial charge in [-0.25, -0.2) is 9.59 Å². The predicted octanol–water partition coefficient (Wildman–Crippen LogP) is 4.75. The third kappa shape index (κ3) is 4.64. The number of benzene rings is 3. The predicted molar refractivity (Wildman–Crippen MR) is 115 cm³/mol. The molecule has 2 N–H and O–H groups in total. The number of rotatable bonds is 7. The molecule has 5 heteroatoms. The van der Waals surface area contributed by atoms with Gasteiger partial charge in [0, 0.05) is 5.57 Å². The summed E-state index contributed by atoms with van der Waals surface area (Å²) < 4.78 is 5.12. The standard InChI is InChI=1S/C25H20O5/c1-30-20-14-12-17(13-15-20)16-21(24(26)27)23(25(28)29)22(18-8-4-2-5-9-18)19-10-6-3-7-11-19/h2-16H,1H3,(H,26,27)(H,28,29)/b21-16+. The molecule has 0 aliphatic carbocycles. The second-order valence-corrected chi connectivity index (χ2v) is 6.42. The number of aliphatic carboxylic acids is 2. The second-order valence-electron chi connectivity index (χ2n) is 6.42. The molecule has 0 fully saturated rings. The quantitative estimate of drug-likeness (QED) is 0.442. The van der Waals surface area contributed by atoms with Gasteiger partial charge in [0.15, 0.2) is 0 Å². The third-order valence-corrected chi connectivity index (χ3v) is 4.52. The van der Waals surface area contributed by atoms with E-state index in [9.17, 15) is 19.8 Å². The lowest BCUT2D eigenvalue weighted by molar-refractivity contribution is -0.136. The highest BCUT2D eigenvalue weighted by molar-refractivity contribution is 6.15. The van der Waals surface area contributed by atoms with Crippen molar-refractivity contribution in [1.29, 1.82) is 0 Å². The van der Waals surface area contributed by atoms with Crippen molar-refractivity contribution >= 4 is 23.6 Å². The summed E-state index contributed by atoms with van der Waals surface area (Å²) in [5, 5.41) is 20.0. The minimum Gasteiger partial charge on any atom is -0.497 e. The van der Waals surface area contributed by atoms with Gasteiger partial charge in [0.2, 0.25) is 0 Å². The first-order valence-electron chi connectivity index (χ1n) is 9.19. The zero-order valence-corrected chi connectivity index (χ0v) is 16.3. The molecule has 0 heterocycles. The first-order valence-corrected chi connectivity index (χ1v) is 9.19. The molecular weight excluding hydrogens is 380 g/mol. The van der Waals surface area contributed by atoms with E-state index in [1.807, 2.05) is 12.1 Å². The van der Waals surface area contributed by atoms with Crippen LogP contribution < -0.4 is 4.74 Å². The second kappa shape index (κ2) is 9.39. The molecule has 0 aliphatic heterocycles. The summed E-state index contributed by atoms with van der Waals surface area (Å²) in [5.41, 5.74) is 1.52. The molecule has 0 atom stereocenters. The molecule has 0 saturated heterocycles. The van der Waals surface area contributed by atoms with E-state index in [2.05, 4.69) is 0 Å². The van der Waals surface area contributed by atoms with E-state index in [0.29, 0.717) is 28.0 Å². The van der Waals surface area contributed by atoms with Crippen molar-refractivity contribution in [2.75, 3.05) is 7.11 Å². The molecule has 0 bridgehead atoms. The summed E-state index contributed by atoms with van der Waals surface area (Å²) in [6.07, 6.45) is 1.36. The van der Waals surface area contributed by atoms with Crippen LogP contribution in [0.15, 0.2) is 96.1 Å². The van der Waals surface area contributed by atoms with Gasteiger partial charge in [0.05, 0.1) is 18.3 Å². The SMILES string of the molecule is COc1ccc(/C=C(/C(=O)O)C(C(=O)O)=C(c2ccccc2)c2ccccc2)cc1. The molecule has 5 nitrogen and oxygen atoms in total. The lowest BCUT2D eigenvalue weighted by Gasteiger charge is -2.15. The summed E-state index contributed by atoms with van der Waals surface area (Å²) in [7, 11) is 1.53. The Bertz CT molecular complexity index is 1050. The van der Waals surface area contributed by atoms with Gasteiger partial charge in [-0.3, -0.25) is 0 Å². The molecule has 3 rings (SSSR count). The van der Waals surface area contributed by atoms with Crippen LogP contribution in [0.2, 0.25) is 0 Å². The van der Waals surface area contributed by atoms with Crippen molar-refractivity contribution in [3.05, 3.63) is 113 Å². The van der Waals surface area contributed by atoms with Gasteiger partial charge >= 0.3 is 11.9 Å². The van der Waals surface area contributed by atoms with Gasteiger partial charge < -0.3 is 14.9 Å². The lowest BCUT2D eigenvalue weighted by atomic mass is 9.88. The van der Waals surface area contributed by atoms with E-state index in [1.165, 1.54) is 13.2 Å². The van der Waals surface area contributed by atoms with Crippen molar-refractivity contribution in [3.63, 3.8) is 0 Å². The maximum atomic E-state index is 12.3. The number of hydrogen-bond donors (Lipinski definition) is 2. The average Bonchev–Trinajstić information content (AvgIpc) is 2.77. The lowest BCUT2D eigenvalue weighted by Crippen LogP contribution is -2.14. The Hall–Kier alpha value is -4.12. The molecule has 3 aromatic carbocycles. The van der Waals surface area contributed by atoms with Crippen LogP contribution in [0.25, 0.3) is 11.6 Å². The molecule has 0 radical (unpaired) electrons. The number of carboxylic acid groups (broad SMARTS) is 2. The molecule has 0 aromatic heterocycles. The van der Waals surface area contributed by atoms with Gasteiger partial charge in [-0.15, -0.1) is 0 Å². The van der Waals surface area contributed by atoms with Crippen LogP contribution in [-0.2, 0) is 9.59 Å². The fourth-order valence-corrected chi connectivity index (χ4v) is 3.13. The minimum absolute atomic E-state index is 0.282. The van der Waals surface area contributed by atoms with Crippen LogP contribution in [0.3, 0.4) is 0 Å². The third-order valence-electron chi connectivity index (χ3n) is 4.52. The highest BCUT2D eigenvalue weighted by Gasteiger charge is 2.26. The maximum absolute atomic E-state index is 12.3. The summed E-state index contributed by atoms with van der Waals surface area (Å²) >= 11 is 0. The molecule has 0 unspecified atom stereocenters. The smallest absolute Gasteiger partial charge is 0.337 e. The largest absolute Gasteiger partial charge is 0.497 e. The Morgan fingerprint density at radius 1 is 0.733 bits per heavy atom. The van der Waals surface area contributed by atoms with Crippen molar-refractivity contribution in [1.82, 2.24) is 0 Å². The van der Waals surface area contributed by atoms with Crippen LogP contribution in [0.4, 0.5) is 0 Å². The van der Waals surface area contributed by atoms with Gasteiger partial charge in [-0.1, -0.05) is 72.8 Å². The molecule has 0 saturated carbocycles. The fourth-order valence-electron chi connectivity index (χ4n) is 3.13. The molecule has 0 amide bonds. The van der Waals surface area contributed by atoms with Crippen LogP contribution in [0.1, 0.15) is 16.7 Å². The van der Waals surface area contributed by atoms with Crippen LogP contribution in [-0.4, -0.2) is 29.3 Å². The molecule has 0 aliphatic rings. The van der Waals surface area contributed by atoms with E-state index in [-0.39, 0.29) is 11.1 Å². The Morgan fingerprint density at radius 3 is 1.63 bits per heavy atom. The Kier molecular flexibility index (Phi) is 6.45. The van der Waals surface area contributed by atoms with Crippen LogP contribution in [0, 0.1) is 0 Å². The Morgan fingerprint density at radius 2 is 1.23 bits per heavy atom. The topological polar surface area (TPSA) is 83.8 Å². The number of hydrogen-bond acceptors (Lipinski definition) is 3. The van der Waals surface area contributed by atoms with E-state index in [0.717, 1.165) is 0 Å². The highest BCUT2D eigenvalue weighted by Crippen LogP contribution is 2.32. The number of carboxylic acids is 2. The van der Waals surface area contributed by atoms with Gasteiger partial charge in [0.1, 0.15) is 5.75 Å². The minimum atomic E-state index is -1.33. The molecular formula is C25H20O5. The first kappa shape index (κ1) is 20.6. The van der Waals surface area contributed by atoms with Crippen LogP contribution >= 0.6 is 0 Å².